The zero-order chi connectivity index (χ0) is 11.7. The van der Waals surface area contributed by atoms with Crippen LogP contribution in [0, 0.1) is 5.92 Å². The Balaban J connectivity index is 1.93. The second kappa shape index (κ2) is 4.57. The lowest BCUT2D eigenvalue weighted by Gasteiger charge is -2.32. The molecular formula is C14H20N2O. The zero-order valence-electron chi connectivity index (χ0n) is 10.4. The lowest BCUT2D eigenvalue weighted by Crippen LogP contribution is -2.40. The van der Waals surface area contributed by atoms with Gasteiger partial charge >= 0.3 is 0 Å². The van der Waals surface area contributed by atoms with Crippen molar-refractivity contribution < 1.29 is 4.74 Å². The number of nitrogens with zero attached hydrogens (tertiary/aromatic N) is 1. The van der Waals surface area contributed by atoms with Crippen LogP contribution in [0.25, 0.3) is 0 Å². The maximum Gasteiger partial charge on any atom is 0.142 e. The number of ether oxygens (including phenoxy) is 1. The van der Waals surface area contributed by atoms with Gasteiger partial charge in [0.1, 0.15) is 5.75 Å². The van der Waals surface area contributed by atoms with E-state index in [1.54, 1.807) is 0 Å². The van der Waals surface area contributed by atoms with E-state index in [2.05, 4.69) is 41.4 Å². The molecule has 0 saturated carbocycles. The Morgan fingerprint density at radius 2 is 2.18 bits per heavy atom. The number of rotatable bonds is 1. The van der Waals surface area contributed by atoms with E-state index in [0.717, 1.165) is 38.4 Å². The van der Waals surface area contributed by atoms with Crippen molar-refractivity contribution in [2.75, 3.05) is 31.1 Å². The van der Waals surface area contributed by atoms with Gasteiger partial charge in [0.05, 0.1) is 12.3 Å². The lowest BCUT2D eigenvalue weighted by molar-refractivity contribution is 0.322. The molecule has 1 saturated heterocycles. The molecule has 2 heterocycles. The Morgan fingerprint density at radius 3 is 3.00 bits per heavy atom. The molecule has 2 aliphatic heterocycles. The normalized spacial score (nSPS) is 28.4. The molecule has 1 aromatic rings. The van der Waals surface area contributed by atoms with Crippen molar-refractivity contribution >= 4 is 5.69 Å². The van der Waals surface area contributed by atoms with Crippen LogP contribution < -0.4 is 15.0 Å². The molecular weight excluding hydrogens is 212 g/mol. The van der Waals surface area contributed by atoms with Crippen molar-refractivity contribution in [1.82, 2.24) is 5.32 Å². The maximum absolute atomic E-state index is 5.81. The van der Waals surface area contributed by atoms with Gasteiger partial charge in [-0.05, 0) is 31.0 Å². The molecule has 1 aromatic carbocycles. The van der Waals surface area contributed by atoms with Crippen LogP contribution in [0.4, 0.5) is 5.69 Å². The van der Waals surface area contributed by atoms with E-state index in [1.807, 2.05) is 0 Å². The Labute approximate surface area is 103 Å². The summed E-state index contributed by atoms with van der Waals surface area (Å²) < 4.78 is 5.81. The van der Waals surface area contributed by atoms with Crippen LogP contribution in [0.5, 0.6) is 5.75 Å². The minimum Gasteiger partial charge on any atom is -0.491 e. The van der Waals surface area contributed by atoms with Gasteiger partial charge in [0.2, 0.25) is 0 Å². The number of fused-ring (bicyclic) bond motifs is 1. The SMILES string of the molecule is CC1CNCC1N1CCCOc2ccccc21. The molecule has 2 atom stereocenters. The summed E-state index contributed by atoms with van der Waals surface area (Å²) in [6.45, 7) is 6.49. The van der Waals surface area contributed by atoms with Crippen LogP contribution in [-0.2, 0) is 0 Å². The second-order valence-electron chi connectivity index (χ2n) is 5.07. The average molecular weight is 232 g/mol. The highest BCUT2D eigenvalue weighted by atomic mass is 16.5. The van der Waals surface area contributed by atoms with E-state index >= 15 is 0 Å². The predicted octanol–water partition coefficient (Wildman–Crippen LogP) is 1.88. The van der Waals surface area contributed by atoms with E-state index in [4.69, 9.17) is 4.74 Å². The van der Waals surface area contributed by atoms with Gasteiger partial charge in [0.25, 0.3) is 0 Å². The van der Waals surface area contributed by atoms with Crippen molar-refractivity contribution in [2.24, 2.45) is 5.92 Å². The molecule has 3 rings (SSSR count). The van der Waals surface area contributed by atoms with Crippen LogP contribution >= 0.6 is 0 Å². The first-order valence-electron chi connectivity index (χ1n) is 6.55. The average Bonchev–Trinajstić information content (AvgIpc) is 2.66. The van der Waals surface area contributed by atoms with Crippen molar-refractivity contribution in [3.63, 3.8) is 0 Å². The fourth-order valence-electron chi connectivity index (χ4n) is 2.91. The Kier molecular flexibility index (Phi) is 2.93. The van der Waals surface area contributed by atoms with Crippen LogP contribution in [0.3, 0.4) is 0 Å². The van der Waals surface area contributed by atoms with E-state index in [-0.39, 0.29) is 0 Å². The molecule has 2 aliphatic rings. The third-order valence-corrected chi connectivity index (χ3v) is 3.85. The molecule has 1 N–H and O–H groups in total. The van der Waals surface area contributed by atoms with Gasteiger partial charge in [-0.3, -0.25) is 0 Å². The van der Waals surface area contributed by atoms with Gasteiger partial charge in [-0.1, -0.05) is 19.1 Å². The number of hydrogen-bond acceptors (Lipinski definition) is 3. The maximum atomic E-state index is 5.81. The summed E-state index contributed by atoms with van der Waals surface area (Å²) in [5.74, 6) is 1.75. The molecule has 0 amide bonds. The number of anilines is 1. The molecule has 0 aliphatic carbocycles. The van der Waals surface area contributed by atoms with Crippen molar-refractivity contribution in [2.45, 2.75) is 19.4 Å². The van der Waals surface area contributed by atoms with Gasteiger partial charge in [-0.2, -0.15) is 0 Å². The molecule has 0 aromatic heterocycles. The quantitative estimate of drug-likeness (QED) is 0.800. The zero-order valence-corrected chi connectivity index (χ0v) is 10.4. The number of para-hydroxylation sites is 2. The fourth-order valence-corrected chi connectivity index (χ4v) is 2.91. The molecule has 2 unspecified atom stereocenters. The van der Waals surface area contributed by atoms with Crippen molar-refractivity contribution in [3.05, 3.63) is 24.3 Å². The Hall–Kier alpha value is -1.22. The first kappa shape index (κ1) is 10.9. The van der Waals surface area contributed by atoms with Crippen LogP contribution in [-0.4, -0.2) is 32.3 Å². The largest absolute Gasteiger partial charge is 0.491 e. The third-order valence-electron chi connectivity index (χ3n) is 3.85. The molecule has 92 valence electrons. The Morgan fingerprint density at radius 1 is 1.29 bits per heavy atom. The molecule has 17 heavy (non-hydrogen) atoms. The van der Waals surface area contributed by atoms with E-state index in [0.29, 0.717) is 12.0 Å². The van der Waals surface area contributed by atoms with Gasteiger partial charge in [0.15, 0.2) is 0 Å². The van der Waals surface area contributed by atoms with Gasteiger partial charge in [-0.15, -0.1) is 0 Å². The van der Waals surface area contributed by atoms with Gasteiger partial charge in [-0.25, -0.2) is 0 Å². The highest BCUT2D eigenvalue weighted by molar-refractivity contribution is 5.60. The van der Waals surface area contributed by atoms with E-state index in [9.17, 15) is 0 Å². The van der Waals surface area contributed by atoms with Crippen LogP contribution in [0.2, 0.25) is 0 Å². The number of hydrogen-bond donors (Lipinski definition) is 1. The summed E-state index contributed by atoms with van der Waals surface area (Å²) in [6, 6.07) is 9.04. The van der Waals surface area contributed by atoms with Crippen molar-refractivity contribution in [3.8, 4) is 5.75 Å². The molecule has 3 nitrogen and oxygen atoms in total. The first-order valence-corrected chi connectivity index (χ1v) is 6.55. The summed E-state index contributed by atoms with van der Waals surface area (Å²) >= 11 is 0. The summed E-state index contributed by atoms with van der Waals surface area (Å²) in [4.78, 5) is 2.53. The Bertz CT molecular complexity index is 394. The predicted molar refractivity (Wildman–Crippen MR) is 69.7 cm³/mol. The minimum absolute atomic E-state index is 0.609. The number of nitrogens with one attached hydrogen (secondary N) is 1. The monoisotopic (exact) mass is 232 g/mol. The fraction of sp³-hybridized carbons (Fsp3) is 0.571. The molecule has 0 bridgehead atoms. The van der Waals surface area contributed by atoms with E-state index < -0.39 is 0 Å². The number of benzene rings is 1. The molecule has 0 spiro atoms. The summed E-state index contributed by atoms with van der Waals surface area (Å²) in [5.41, 5.74) is 1.27. The second-order valence-corrected chi connectivity index (χ2v) is 5.07. The first-order chi connectivity index (χ1) is 8.36. The highest BCUT2D eigenvalue weighted by Gasteiger charge is 2.31. The highest BCUT2D eigenvalue weighted by Crippen LogP contribution is 2.33. The summed E-state index contributed by atoms with van der Waals surface area (Å²) in [6.07, 6.45) is 1.11. The summed E-state index contributed by atoms with van der Waals surface area (Å²) in [7, 11) is 0. The molecule has 0 radical (unpaired) electrons. The third kappa shape index (κ3) is 2.00. The van der Waals surface area contributed by atoms with E-state index in [1.165, 1.54) is 5.69 Å². The minimum atomic E-state index is 0.609. The molecule has 3 heteroatoms. The molecule has 1 fully saturated rings. The standard InChI is InChI=1S/C14H20N2O/c1-11-9-15-10-13(11)16-7-4-8-17-14-6-3-2-5-12(14)16/h2-3,5-6,11,13,15H,4,7-10H2,1H3. The smallest absolute Gasteiger partial charge is 0.142 e. The summed E-state index contributed by atoms with van der Waals surface area (Å²) in [5, 5.41) is 3.49. The topological polar surface area (TPSA) is 24.5 Å². The van der Waals surface area contributed by atoms with Gasteiger partial charge in [0, 0.05) is 19.1 Å². The van der Waals surface area contributed by atoms with Crippen LogP contribution in [0.1, 0.15) is 13.3 Å². The van der Waals surface area contributed by atoms with Crippen LogP contribution in [0.15, 0.2) is 24.3 Å². The van der Waals surface area contributed by atoms with Gasteiger partial charge < -0.3 is 15.0 Å². The van der Waals surface area contributed by atoms with Crippen molar-refractivity contribution in [1.29, 1.82) is 0 Å². The lowest BCUT2D eigenvalue weighted by atomic mass is 10.0.